The molecular weight excluding hydrogens is 1050 g/mol. The second-order valence-corrected chi connectivity index (χ2v) is 18.1. The molecule has 80 heavy (non-hydrogen) atoms. The number of aliphatic hydroxyl groups excluding tert-OH is 1. The van der Waals surface area contributed by atoms with Gasteiger partial charge in [0, 0.05) is 22.3 Å². The molecule has 0 saturated carbocycles. The first kappa shape index (κ1) is 57.2. The van der Waals surface area contributed by atoms with Crippen molar-refractivity contribution in [2.45, 2.75) is 83.3 Å². The van der Waals surface area contributed by atoms with Gasteiger partial charge in [0.2, 0.25) is 0 Å². The Hall–Kier alpha value is -9.02. The van der Waals surface area contributed by atoms with E-state index in [0.29, 0.717) is 40.7 Å². The number of aliphatic hydroxyl groups is 1. The van der Waals surface area contributed by atoms with Crippen LogP contribution in [-0.4, -0.2) is 110 Å². The Morgan fingerprint density at radius 3 is 1.51 bits per heavy atom. The van der Waals surface area contributed by atoms with Crippen LogP contribution in [0.3, 0.4) is 0 Å². The van der Waals surface area contributed by atoms with Gasteiger partial charge in [0.25, 0.3) is 23.0 Å². The maximum atomic E-state index is 16.0. The Morgan fingerprint density at radius 1 is 0.588 bits per heavy atom. The summed E-state index contributed by atoms with van der Waals surface area (Å²) < 4.78 is 50.5. The summed E-state index contributed by atoms with van der Waals surface area (Å²) in [4.78, 5) is 89.3. The van der Waals surface area contributed by atoms with Gasteiger partial charge in [-0.25, -0.2) is 48.4 Å². The molecule has 6 heterocycles. The van der Waals surface area contributed by atoms with E-state index >= 15 is 4.39 Å². The summed E-state index contributed by atoms with van der Waals surface area (Å²) in [6.45, 7) is 3.62. The van der Waals surface area contributed by atoms with Crippen LogP contribution in [0.4, 0.5) is 20.4 Å². The topological polar surface area (TPSA) is 236 Å². The van der Waals surface area contributed by atoms with Gasteiger partial charge < -0.3 is 24.6 Å². The van der Waals surface area contributed by atoms with Crippen molar-refractivity contribution in [1.29, 1.82) is 0 Å². The van der Waals surface area contributed by atoms with E-state index in [1.165, 1.54) is 34.4 Å². The monoisotopic (exact) mass is 1110 g/mol. The molecule has 9 aromatic rings. The molecule has 2 aliphatic rings. The molecule has 11 rings (SSSR count). The molecule has 4 aromatic heterocycles. The van der Waals surface area contributed by atoms with E-state index < -0.39 is 72.2 Å². The molecule has 0 spiro atoms. The minimum absolute atomic E-state index is 0. The van der Waals surface area contributed by atoms with Crippen LogP contribution in [0, 0.1) is 0 Å². The van der Waals surface area contributed by atoms with Crippen molar-refractivity contribution in [2.24, 2.45) is 0 Å². The summed E-state index contributed by atoms with van der Waals surface area (Å²) in [6, 6.07) is 42.4. The zero-order valence-corrected chi connectivity index (χ0v) is 42.9. The number of halogens is 3. The molecule has 5 aromatic carbocycles. The molecule has 0 aliphatic carbocycles. The zero-order chi connectivity index (χ0) is 55.6. The first-order valence-corrected chi connectivity index (χ1v) is 25.2. The highest BCUT2D eigenvalue weighted by atomic mass is 35.5. The van der Waals surface area contributed by atoms with E-state index in [4.69, 9.17) is 25.8 Å². The number of nitrogens with one attached hydrogen (secondary N) is 1. The number of carbonyl (C=O) groups is 5. The van der Waals surface area contributed by atoms with E-state index in [1.807, 2.05) is 19.1 Å². The van der Waals surface area contributed by atoms with Gasteiger partial charge in [-0.2, -0.15) is 0 Å². The fourth-order valence-electron chi connectivity index (χ4n) is 8.78. The van der Waals surface area contributed by atoms with Crippen LogP contribution in [0.15, 0.2) is 177 Å². The Morgan fingerprint density at radius 2 is 1.02 bits per heavy atom. The van der Waals surface area contributed by atoms with Crippen molar-refractivity contribution in [2.75, 3.05) is 10.2 Å². The zero-order valence-electron chi connectivity index (χ0n) is 42.1. The molecule has 8 atom stereocenters. The lowest BCUT2D eigenvalue weighted by molar-refractivity contribution is -0.0296. The number of imidazole rings is 2. The standard InChI is InChI=1S/C32H26FN5O5.C18H18FN5O3.C7H5ClO.CH4/c1-2-23-26(43-32(41)22-16-10-5-11-17-22)24(33)31(42-23)37-19-36-25-27(37)34-18-35-28(25)38(29(39)20-12-6-3-7-13-20)30(40)21-14-8-4-9-15-21;1-2-11-14(25)12(19)18(27-11)24-9-22-13-15(20-8-21-16(13)24)23-17(26)10-6-4-3-5-7-10;8-7(9)6-4-2-1-3-5-6;/h3-19,23-24,26,31H,2H2,1H3;3-9,11-12,14,18,25H,2H2,1H3,(H,20,21,23,26);1-5H;1H4/t23-,24+,26-,31-;11-,12+,14-,18-;;/m11../s1. The lowest BCUT2D eigenvalue weighted by Gasteiger charge is -2.21. The highest BCUT2D eigenvalue weighted by molar-refractivity contribution is 6.67. The average Bonchev–Trinajstić information content (AvgIpc) is 4.29. The van der Waals surface area contributed by atoms with Gasteiger partial charge in [0.05, 0.1) is 24.3 Å². The number of esters is 1. The fraction of sp³-hybridized carbons (Fsp3) is 0.224. The van der Waals surface area contributed by atoms with Crippen LogP contribution in [0.1, 0.15) is 98.4 Å². The smallest absolute Gasteiger partial charge is 0.338 e. The van der Waals surface area contributed by atoms with Crippen molar-refractivity contribution < 1.29 is 52.1 Å². The minimum atomic E-state index is -1.76. The maximum absolute atomic E-state index is 16.0. The van der Waals surface area contributed by atoms with Gasteiger partial charge in [-0.15, -0.1) is 0 Å². The quantitative estimate of drug-likeness (QED) is 0.0658. The number of hydrogen-bond acceptors (Lipinski definition) is 15. The lowest BCUT2D eigenvalue weighted by atomic mass is 10.1. The molecule has 19 nitrogen and oxygen atoms in total. The largest absolute Gasteiger partial charge is 0.453 e. The first-order valence-electron chi connectivity index (χ1n) is 24.9. The number of rotatable bonds is 12. The number of aromatic nitrogens is 8. The number of hydrogen-bond donors (Lipinski definition) is 2. The molecule has 3 amide bonds. The third-order valence-corrected chi connectivity index (χ3v) is 13.0. The van der Waals surface area contributed by atoms with Gasteiger partial charge >= 0.3 is 5.97 Å². The predicted molar refractivity (Wildman–Crippen MR) is 292 cm³/mol. The maximum Gasteiger partial charge on any atom is 0.338 e. The minimum Gasteiger partial charge on any atom is -0.453 e. The number of ether oxygens (including phenoxy) is 3. The van der Waals surface area contributed by atoms with Crippen LogP contribution < -0.4 is 10.2 Å². The third-order valence-electron chi connectivity index (χ3n) is 12.8. The Labute approximate surface area is 462 Å². The van der Waals surface area contributed by atoms with Gasteiger partial charge in [-0.3, -0.25) is 28.3 Å². The summed E-state index contributed by atoms with van der Waals surface area (Å²) in [5.41, 5.74) is 2.67. The van der Waals surface area contributed by atoms with Crippen LogP contribution in [0.2, 0.25) is 0 Å². The Bertz CT molecular complexity index is 3520. The molecule has 2 saturated heterocycles. The highest BCUT2D eigenvalue weighted by Crippen LogP contribution is 2.39. The average molecular weight is 1110 g/mol. The summed E-state index contributed by atoms with van der Waals surface area (Å²) in [7, 11) is 0. The van der Waals surface area contributed by atoms with Crippen molar-refractivity contribution in [3.63, 3.8) is 0 Å². The predicted octanol–water partition coefficient (Wildman–Crippen LogP) is 9.97. The number of benzene rings is 5. The summed E-state index contributed by atoms with van der Waals surface area (Å²) >= 11 is 5.16. The molecule has 2 fully saturated rings. The van der Waals surface area contributed by atoms with E-state index in [2.05, 4.69) is 35.2 Å². The molecule has 2 N–H and O–H groups in total. The number of alkyl halides is 2. The van der Waals surface area contributed by atoms with E-state index in [-0.39, 0.29) is 47.3 Å². The number of nitrogens with zero attached hydrogens (tertiary/aromatic N) is 9. The highest BCUT2D eigenvalue weighted by Gasteiger charge is 2.49. The van der Waals surface area contributed by atoms with Gasteiger partial charge in [0.15, 0.2) is 64.9 Å². The van der Waals surface area contributed by atoms with E-state index in [0.717, 1.165) is 4.90 Å². The molecule has 22 heteroatoms. The van der Waals surface area contributed by atoms with Crippen LogP contribution in [-0.2, 0) is 14.2 Å². The number of fused-ring (bicyclic) bond motifs is 2. The Kier molecular flexibility index (Phi) is 18.6. The van der Waals surface area contributed by atoms with Crippen LogP contribution >= 0.6 is 11.6 Å². The van der Waals surface area contributed by atoms with Crippen molar-refractivity contribution in [3.05, 3.63) is 205 Å². The molecular formula is C58H53ClF2N10O9. The van der Waals surface area contributed by atoms with Crippen LogP contribution in [0.5, 0.6) is 0 Å². The number of imide groups is 1. The molecule has 0 radical (unpaired) electrons. The molecule has 0 bridgehead atoms. The number of carbonyl (C=O) groups excluding carboxylic acids is 5. The first-order chi connectivity index (χ1) is 38.4. The number of amides is 3. The lowest BCUT2D eigenvalue weighted by Crippen LogP contribution is -2.38. The van der Waals surface area contributed by atoms with Crippen LogP contribution in [0.25, 0.3) is 22.3 Å². The fourth-order valence-corrected chi connectivity index (χ4v) is 8.91. The Balaban J connectivity index is 0.000000192. The molecule has 0 unspecified atom stereocenters. The normalized spacial score (nSPS) is 20.0. The van der Waals surface area contributed by atoms with Crippen molar-refractivity contribution in [1.82, 2.24) is 39.0 Å². The third kappa shape index (κ3) is 12.3. The summed E-state index contributed by atoms with van der Waals surface area (Å²) in [5.74, 6) is -2.10. The van der Waals surface area contributed by atoms with E-state index in [1.54, 1.807) is 146 Å². The van der Waals surface area contributed by atoms with Gasteiger partial charge in [0.1, 0.15) is 24.9 Å². The SMILES string of the molecule is C.CC[C@H]1O[C@@H](n2cnc3c(N(C(=O)c4ccccc4)C(=O)c4ccccc4)ncnc32)[C@@H](F)[C@@H]1OC(=O)c1ccccc1.CC[C@H]1O[C@@H](n2cnc3c(NC(=O)c4ccccc4)ncnc32)[C@@H](F)[C@@H]1O.O=C(Cl)c1ccccc1. The molecule has 2 aliphatic heterocycles. The van der Waals surface area contributed by atoms with Gasteiger partial charge in [-0.1, -0.05) is 124 Å². The van der Waals surface area contributed by atoms with E-state index in [9.17, 15) is 33.5 Å². The number of anilines is 2. The second-order valence-electron chi connectivity index (χ2n) is 17.8. The summed E-state index contributed by atoms with van der Waals surface area (Å²) in [6.07, 6.45) is -3.39. The molecule has 410 valence electrons. The van der Waals surface area contributed by atoms with Crippen molar-refractivity contribution in [3.8, 4) is 0 Å². The van der Waals surface area contributed by atoms with Gasteiger partial charge in [-0.05, 0) is 73.0 Å². The van der Waals surface area contributed by atoms with Crippen molar-refractivity contribution >= 4 is 74.5 Å². The second kappa shape index (κ2) is 26.1. The summed E-state index contributed by atoms with van der Waals surface area (Å²) in [5, 5.41) is 12.3.